The second kappa shape index (κ2) is 4.38. The van der Waals surface area contributed by atoms with Gasteiger partial charge < -0.3 is 0 Å². The van der Waals surface area contributed by atoms with Crippen LogP contribution >= 0.6 is 11.5 Å². The van der Waals surface area contributed by atoms with Gasteiger partial charge in [0.2, 0.25) is 0 Å². The van der Waals surface area contributed by atoms with Gasteiger partial charge in [0.25, 0.3) is 5.56 Å². The highest BCUT2D eigenvalue weighted by molar-refractivity contribution is 7.06. The maximum atomic E-state index is 11.5. The summed E-state index contributed by atoms with van der Waals surface area (Å²) in [5, 5.41) is 0. The molecule has 0 aliphatic heterocycles. The van der Waals surface area contributed by atoms with E-state index in [1.807, 2.05) is 31.2 Å². The van der Waals surface area contributed by atoms with Crippen LogP contribution in [0.1, 0.15) is 16.0 Å². The Morgan fingerprint density at radius 1 is 1.38 bits per heavy atom. The zero-order valence-corrected chi connectivity index (χ0v) is 9.75. The van der Waals surface area contributed by atoms with E-state index < -0.39 is 0 Å². The number of aryl methyl sites for hydroxylation is 1. The van der Waals surface area contributed by atoms with Crippen LogP contribution in [0.15, 0.2) is 35.1 Å². The van der Waals surface area contributed by atoms with Crippen molar-refractivity contribution in [2.75, 3.05) is 0 Å². The van der Waals surface area contributed by atoms with E-state index in [0.717, 1.165) is 16.0 Å². The van der Waals surface area contributed by atoms with Gasteiger partial charge in [-0.15, -0.1) is 6.42 Å². The number of hydrogen-bond donors (Lipinski definition) is 0. The lowest BCUT2D eigenvalue weighted by Gasteiger charge is -2.01. The van der Waals surface area contributed by atoms with E-state index in [9.17, 15) is 4.79 Å². The summed E-state index contributed by atoms with van der Waals surface area (Å²) < 4.78 is 1.74. The minimum atomic E-state index is 0.0588. The van der Waals surface area contributed by atoms with Gasteiger partial charge in [-0.05, 0) is 24.6 Å². The SMILES string of the molecule is C#Cc1ccc(Cn2sc(C)cc2=O)cc1. The number of aromatic nitrogens is 1. The lowest BCUT2D eigenvalue weighted by Crippen LogP contribution is -2.12. The fourth-order valence-electron chi connectivity index (χ4n) is 1.47. The second-order valence-corrected chi connectivity index (χ2v) is 4.83. The van der Waals surface area contributed by atoms with Gasteiger partial charge in [0.05, 0.1) is 6.54 Å². The number of nitrogens with zero attached hydrogens (tertiary/aromatic N) is 1. The molecule has 0 aliphatic rings. The van der Waals surface area contributed by atoms with Gasteiger partial charge in [0.1, 0.15) is 0 Å². The fraction of sp³-hybridized carbons (Fsp3) is 0.154. The van der Waals surface area contributed by atoms with Crippen LogP contribution in [0.25, 0.3) is 0 Å². The summed E-state index contributed by atoms with van der Waals surface area (Å²) in [6, 6.07) is 9.34. The largest absolute Gasteiger partial charge is 0.268 e. The molecular weight excluding hydrogens is 218 g/mol. The molecule has 16 heavy (non-hydrogen) atoms. The van der Waals surface area contributed by atoms with Crippen LogP contribution in [0.2, 0.25) is 0 Å². The highest BCUT2D eigenvalue weighted by Crippen LogP contribution is 2.08. The number of benzene rings is 1. The van der Waals surface area contributed by atoms with E-state index in [-0.39, 0.29) is 5.56 Å². The first kappa shape index (κ1) is 10.7. The van der Waals surface area contributed by atoms with Crippen LogP contribution in [-0.4, -0.2) is 3.96 Å². The van der Waals surface area contributed by atoms with E-state index in [4.69, 9.17) is 6.42 Å². The van der Waals surface area contributed by atoms with Gasteiger partial charge >= 0.3 is 0 Å². The molecule has 0 saturated heterocycles. The maximum Gasteiger partial charge on any atom is 0.261 e. The fourth-order valence-corrected chi connectivity index (χ4v) is 2.33. The summed E-state index contributed by atoms with van der Waals surface area (Å²) in [6.07, 6.45) is 5.28. The van der Waals surface area contributed by atoms with Crippen molar-refractivity contribution in [3.8, 4) is 12.3 Å². The molecule has 2 nitrogen and oxygen atoms in total. The molecule has 3 heteroatoms. The molecule has 0 radical (unpaired) electrons. The van der Waals surface area contributed by atoms with Gasteiger partial charge in [-0.1, -0.05) is 29.6 Å². The molecule has 0 bridgehead atoms. The third-order valence-corrected chi connectivity index (χ3v) is 3.21. The number of terminal acetylenes is 1. The summed E-state index contributed by atoms with van der Waals surface area (Å²) in [5.41, 5.74) is 2.00. The zero-order chi connectivity index (χ0) is 11.5. The van der Waals surface area contributed by atoms with Gasteiger partial charge in [0, 0.05) is 16.5 Å². The lowest BCUT2D eigenvalue weighted by molar-refractivity contribution is 0.849. The maximum absolute atomic E-state index is 11.5. The van der Waals surface area contributed by atoms with Crippen LogP contribution in [-0.2, 0) is 6.54 Å². The smallest absolute Gasteiger partial charge is 0.261 e. The molecule has 0 fully saturated rings. The first-order valence-corrected chi connectivity index (χ1v) is 5.69. The van der Waals surface area contributed by atoms with Gasteiger partial charge in [-0.25, -0.2) is 0 Å². The van der Waals surface area contributed by atoms with E-state index in [0.29, 0.717) is 6.54 Å². The molecule has 0 unspecified atom stereocenters. The van der Waals surface area contributed by atoms with Crippen LogP contribution in [0.3, 0.4) is 0 Å². The van der Waals surface area contributed by atoms with Gasteiger partial charge in [-0.3, -0.25) is 8.75 Å². The molecule has 1 aromatic carbocycles. The molecule has 0 spiro atoms. The molecule has 2 rings (SSSR count). The van der Waals surface area contributed by atoms with Crippen LogP contribution in [0, 0.1) is 19.3 Å². The minimum absolute atomic E-state index is 0.0588. The summed E-state index contributed by atoms with van der Waals surface area (Å²) in [7, 11) is 0. The number of rotatable bonds is 2. The first-order chi connectivity index (χ1) is 7.69. The Balaban J connectivity index is 2.24. The van der Waals surface area contributed by atoms with Crippen LogP contribution in [0.4, 0.5) is 0 Å². The Bertz CT molecular complexity index is 584. The molecule has 1 aromatic heterocycles. The Kier molecular flexibility index (Phi) is 2.93. The van der Waals surface area contributed by atoms with Crippen molar-refractivity contribution in [2.45, 2.75) is 13.5 Å². The predicted molar refractivity (Wildman–Crippen MR) is 66.8 cm³/mol. The Labute approximate surface area is 98.3 Å². The molecular formula is C13H11NOS. The van der Waals surface area contributed by atoms with Crippen molar-refractivity contribution in [3.63, 3.8) is 0 Å². The number of hydrogen-bond acceptors (Lipinski definition) is 2. The topological polar surface area (TPSA) is 22.0 Å². The second-order valence-electron chi connectivity index (χ2n) is 3.56. The molecule has 1 heterocycles. The Morgan fingerprint density at radius 2 is 2.06 bits per heavy atom. The quantitative estimate of drug-likeness (QED) is 0.724. The average Bonchev–Trinajstić information content (AvgIpc) is 2.59. The third-order valence-electron chi connectivity index (χ3n) is 2.27. The van der Waals surface area contributed by atoms with Crippen molar-refractivity contribution in [3.05, 3.63) is 56.7 Å². The van der Waals surface area contributed by atoms with Crippen molar-refractivity contribution in [1.82, 2.24) is 3.96 Å². The summed E-state index contributed by atoms with van der Waals surface area (Å²) in [6.45, 7) is 2.55. The highest BCUT2D eigenvalue weighted by Gasteiger charge is 2.01. The molecule has 0 saturated carbocycles. The third kappa shape index (κ3) is 2.23. The van der Waals surface area contributed by atoms with Crippen molar-refractivity contribution >= 4 is 11.5 Å². The van der Waals surface area contributed by atoms with Gasteiger partial charge in [0.15, 0.2) is 0 Å². The summed E-state index contributed by atoms with van der Waals surface area (Å²) in [5.74, 6) is 2.57. The van der Waals surface area contributed by atoms with Crippen LogP contribution < -0.4 is 5.56 Å². The van der Waals surface area contributed by atoms with E-state index >= 15 is 0 Å². The van der Waals surface area contributed by atoms with Crippen molar-refractivity contribution in [1.29, 1.82) is 0 Å². The molecule has 80 valence electrons. The molecule has 0 amide bonds. The molecule has 0 N–H and O–H groups in total. The normalized spacial score (nSPS) is 10.0. The van der Waals surface area contributed by atoms with Crippen LogP contribution in [0.5, 0.6) is 0 Å². The highest BCUT2D eigenvalue weighted by atomic mass is 32.1. The molecule has 0 aliphatic carbocycles. The lowest BCUT2D eigenvalue weighted by atomic mass is 10.1. The average molecular weight is 229 g/mol. The van der Waals surface area contributed by atoms with E-state index in [1.54, 1.807) is 10.0 Å². The zero-order valence-electron chi connectivity index (χ0n) is 8.93. The predicted octanol–water partition coefficient (Wildman–Crippen LogP) is 2.25. The first-order valence-electron chi connectivity index (χ1n) is 4.92. The van der Waals surface area contributed by atoms with Crippen molar-refractivity contribution < 1.29 is 0 Å². The van der Waals surface area contributed by atoms with E-state index in [1.165, 1.54) is 11.5 Å². The summed E-state index contributed by atoms with van der Waals surface area (Å²) >= 11 is 1.48. The Morgan fingerprint density at radius 3 is 2.56 bits per heavy atom. The monoisotopic (exact) mass is 229 g/mol. The summed E-state index contributed by atoms with van der Waals surface area (Å²) in [4.78, 5) is 12.5. The molecule has 2 aromatic rings. The Hall–Kier alpha value is -1.79. The molecule has 0 atom stereocenters. The van der Waals surface area contributed by atoms with E-state index in [2.05, 4.69) is 5.92 Å². The minimum Gasteiger partial charge on any atom is -0.268 e. The van der Waals surface area contributed by atoms with Gasteiger partial charge in [-0.2, -0.15) is 0 Å². The van der Waals surface area contributed by atoms with Crippen molar-refractivity contribution in [2.24, 2.45) is 0 Å². The standard InChI is InChI=1S/C13H11NOS/c1-3-11-4-6-12(7-5-11)9-14-13(15)8-10(2)16-14/h1,4-8H,9H2,2H3.